The molecule has 0 spiro atoms. The lowest BCUT2D eigenvalue weighted by atomic mass is 9.77. The number of hydrogen-bond acceptors (Lipinski definition) is 2. The molecule has 1 N–H and O–H groups in total. The summed E-state index contributed by atoms with van der Waals surface area (Å²) in [5.41, 5.74) is 0.0549. The van der Waals surface area contributed by atoms with Gasteiger partial charge in [0.2, 0.25) is 0 Å². The minimum Gasteiger partial charge on any atom is -0.487 e. The van der Waals surface area contributed by atoms with E-state index in [0.29, 0.717) is 4.47 Å². The first-order valence-corrected chi connectivity index (χ1v) is 7.98. The quantitative estimate of drug-likeness (QED) is 0.838. The fourth-order valence-electron chi connectivity index (χ4n) is 2.43. The van der Waals surface area contributed by atoms with E-state index in [1.165, 1.54) is 12.5 Å². The Morgan fingerprint density at radius 3 is 2.55 bits per heavy atom. The Balaban J connectivity index is 1.95. The van der Waals surface area contributed by atoms with Gasteiger partial charge in [0.05, 0.1) is 4.47 Å². The van der Waals surface area contributed by atoms with Crippen LogP contribution in [0.2, 0.25) is 0 Å². The Bertz CT molecular complexity index is 466. The van der Waals surface area contributed by atoms with E-state index in [2.05, 4.69) is 42.0 Å². The number of benzene rings is 1. The van der Waals surface area contributed by atoms with Crippen LogP contribution in [-0.2, 0) is 0 Å². The summed E-state index contributed by atoms with van der Waals surface area (Å²) >= 11 is 3.20. The predicted octanol–water partition coefficient (Wildman–Crippen LogP) is 4.67. The summed E-state index contributed by atoms with van der Waals surface area (Å²) in [7, 11) is 0. The molecule has 0 amide bonds. The third-order valence-electron chi connectivity index (χ3n) is 3.73. The molecular formula is C16H23BrFNO. The summed E-state index contributed by atoms with van der Waals surface area (Å²) in [5, 5.41) is 3.50. The van der Waals surface area contributed by atoms with Crippen LogP contribution in [0.15, 0.2) is 22.7 Å². The molecule has 1 aliphatic carbocycles. The maximum absolute atomic E-state index is 13.2. The zero-order valence-electron chi connectivity index (χ0n) is 12.4. The first-order valence-electron chi connectivity index (χ1n) is 7.19. The number of rotatable bonds is 5. The van der Waals surface area contributed by atoms with Gasteiger partial charge in [-0.15, -0.1) is 0 Å². The van der Waals surface area contributed by atoms with Crippen LogP contribution in [-0.4, -0.2) is 17.7 Å². The summed E-state index contributed by atoms with van der Waals surface area (Å²) in [6, 6.07) is 4.86. The van der Waals surface area contributed by atoms with Crippen molar-refractivity contribution in [1.29, 1.82) is 0 Å². The summed E-state index contributed by atoms with van der Waals surface area (Å²) in [4.78, 5) is 0. The van der Waals surface area contributed by atoms with Gasteiger partial charge in [0, 0.05) is 5.54 Å². The molecule has 2 nitrogen and oxygen atoms in total. The van der Waals surface area contributed by atoms with Gasteiger partial charge in [0.25, 0.3) is 0 Å². The number of nitrogens with one attached hydrogen (secondary N) is 1. The minimum absolute atomic E-state index is 0.0739. The Labute approximate surface area is 129 Å². The normalized spacial score (nSPS) is 17.6. The van der Waals surface area contributed by atoms with Crippen LogP contribution in [0.4, 0.5) is 4.39 Å². The fourth-order valence-corrected chi connectivity index (χ4v) is 2.79. The van der Waals surface area contributed by atoms with Crippen molar-refractivity contribution < 1.29 is 9.13 Å². The monoisotopic (exact) mass is 343 g/mol. The number of ether oxygens (including phenoxy) is 1. The molecule has 112 valence electrons. The van der Waals surface area contributed by atoms with Gasteiger partial charge >= 0.3 is 0 Å². The molecule has 0 radical (unpaired) electrons. The van der Waals surface area contributed by atoms with Crippen molar-refractivity contribution >= 4 is 15.9 Å². The molecule has 2 rings (SSSR count). The van der Waals surface area contributed by atoms with Crippen LogP contribution >= 0.6 is 15.9 Å². The molecular weight excluding hydrogens is 321 g/mol. The van der Waals surface area contributed by atoms with Crippen LogP contribution in [0.3, 0.4) is 0 Å². The zero-order valence-corrected chi connectivity index (χ0v) is 14.0. The number of halogens is 2. The molecule has 0 atom stereocenters. The van der Waals surface area contributed by atoms with E-state index in [-0.39, 0.29) is 17.0 Å². The summed E-state index contributed by atoms with van der Waals surface area (Å²) in [6.45, 7) is 7.43. The van der Waals surface area contributed by atoms with Gasteiger partial charge in [-0.1, -0.05) is 0 Å². The molecule has 1 aromatic carbocycles. The maximum atomic E-state index is 13.2. The lowest BCUT2D eigenvalue weighted by Crippen LogP contribution is -2.47. The summed E-state index contributed by atoms with van der Waals surface area (Å²) < 4.78 is 19.9. The molecule has 0 aromatic heterocycles. The van der Waals surface area contributed by atoms with Gasteiger partial charge in [-0.25, -0.2) is 4.39 Å². The Hall–Kier alpha value is -0.610. The van der Waals surface area contributed by atoms with Crippen LogP contribution in [0.1, 0.15) is 46.5 Å². The summed E-state index contributed by atoms with van der Waals surface area (Å²) in [6.07, 6.45) is 4.35. The topological polar surface area (TPSA) is 21.3 Å². The molecule has 4 heteroatoms. The SMILES string of the molecule is CC(C)(C)NCCC1(Oc2ccc(F)c(Br)c2)CCC1. The largest absolute Gasteiger partial charge is 0.487 e. The highest BCUT2D eigenvalue weighted by Gasteiger charge is 2.39. The van der Waals surface area contributed by atoms with Crippen molar-refractivity contribution in [3.8, 4) is 5.75 Å². The highest BCUT2D eigenvalue weighted by atomic mass is 79.9. The van der Waals surface area contributed by atoms with E-state index in [9.17, 15) is 4.39 Å². The van der Waals surface area contributed by atoms with Crippen molar-refractivity contribution in [2.45, 2.75) is 57.6 Å². The maximum Gasteiger partial charge on any atom is 0.137 e. The third kappa shape index (κ3) is 4.19. The van der Waals surface area contributed by atoms with Crippen LogP contribution in [0.5, 0.6) is 5.75 Å². The van der Waals surface area contributed by atoms with Crippen LogP contribution < -0.4 is 10.1 Å². The Morgan fingerprint density at radius 2 is 2.05 bits per heavy atom. The van der Waals surface area contributed by atoms with E-state index in [1.54, 1.807) is 12.1 Å². The van der Waals surface area contributed by atoms with Gasteiger partial charge < -0.3 is 10.1 Å². The van der Waals surface area contributed by atoms with Crippen LogP contribution in [0.25, 0.3) is 0 Å². The predicted molar refractivity (Wildman–Crippen MR) is 83.7 cm³/mol. The number of hydrogen-bond donors (Lipinski definition) is 1. The average Bonchev–Trinajstić information content (AvgIpc) is 2.29. The van der Waals surface area contributed by atoms with Crippen molar-refractivity contribution in [2.24, 2.45) is 0 Å². The van der Waals surface area contributed by atoms with E-state index in [0.717, 1.165) is 31.6 Å². The Morgan fingerprint density at radius 1 is 1.35 bits per heavy atom. The second-order valence-corrected chi connectivity index (χ2v) is 7.50. The first-order chi connectivity index (χ1) is 9.30. The van der Waals surface area contributed by atoms with Crippen molar-refractivity contribution in [3.63, 3.8) is 0 Å². The molecule has 0 heterocycles. The smallest absolute Gasteiger partial charge is 0.137 e. The molecule has 0 unspecified atom stereocenters. The highest BCUT2D eigenvalue weighted by Crippen LogP contribution is 2.40. The molecule has 1 aliphatic rings. The third-order valence-corrected chi connectivity index (χ3v) is 4.33. The van der Waals surface area contributed by atoms with E-state index < -0.39 is 0 Å². The molecule has 1 fully saturated rings. The standard InChI is InChI=1S/C16H23BrFNO/c1-15(2,3)19-10-9-16(7-4-8-16)20-12-5-6-14(18)13(17)11-12/h5-6,11,19H,4,7-10H2,1-3H3. The molecule has 0 aliphatic heterocycles. The minimum atomic E-state index is -0.255. The van der Waals surface area contributed by atoms with Crippen molar-refractivity contribution in [3.05, 3.63) is 28.5 Å². The molecule has 0 bridgehead atoms. The highest BCUT2D eigenvalue weighted by molar-refractivity contribution is 9.10. The fraction of sp³-hybridized carbons (Fsp3) is 0.625. The van der Waals surface area contributed by atoms with Crippen molar-refractivity contribution in [2.75, 3.05) is 6.54 Å². The van der Waals surface area contributed by atoms with Crippen LogP contribution in [0, 0.1) is 5.82 Å². The molecule has 0 saturated heterocycles. The van der Waals surface area contributed by atoms with E-state index in [4.69, 9.17) is 4.74 Å². The van der Waals surface area contributed by atoms with Gasteiger partial charge in [0.15, 0.2) is 0 Å². The van der Waals surface area contributed by atoms with Gasteiger partial charge in [-0.2, -0.15) is 0 Å². The van der Waals surface area contributed by atoms with Gasteiger partial charge in [-0.3, -0.25) is 0 Å². The van der Waals surface area contributed by atoms with Gasteiger partial charge in [-0.05, 0) is 87.1 Å². The van der Waals surface area contributed by atoms with Crippen molar-refractivity contribution in [1.82, 2.24) is 5.32 Å². The average molecular weight is 344 g/mol. The molecule has 1 saturated carbocycles. The second kappa shape index (κ2) is 6.02. The zero-order chi connectivity index (χ0) is 14.8. The molecule has 1 aromatic rings. The van der Waals surface area contributed by atoms with E-state index >= 15 is 0 Å². The first kappa shape index (κ1) is 15.8. The Kier molecular flexibility index (Phi) is 4.75. The van der Waals surface area contributed by atoms with Gasteiger partial charge in [0.1, 0.15) is 17.2 Å². The van der Waals surface area contributed by atoms with E-state index in [1.807, 2.05) is 0 Å². The molecule has 20 heavy (non-hydrogen) atoms. The second-order valence-electron chi connectivity index (χ2n) is 6.64. The summed E-state index contributed by atoms with van der Waals surface area (Å²) in [5.74, 6) is 0.489. The lowest BCUT2D eigenvalue weighted by Gasteiger charge is -2.42. The lowest BCUT2D eigenvalue weighted by molar-refractivity contribution is -0.0153.